The van der Waals surface area contributed by atoms with Gasteiger partial charge in [-0.2, -0.15) is 4.98 Å². The number of hydrogen-bond acceptors (Lipinski definition) is 4. The molecule has 3 rings (SSSR count). The Morgan fingerprint density at radius 3 is 2.50 bits per heavy atom. The number of pyridine rings is 1. The van der Waals surface area contributed by atoms with Gasteiger partial charge in [-0.3, -0.25) is 0 Å². The highest BCUT2D eigenvalue weighted by Gasteiger charge is 2.39. The number of nitrogens with zero attached hydrogens (tertiary/aromatic N) is 2. The van der Waals surface area contributed by atoms with Crippen molar-refractivity contribution in [2.24, 2.45) is 0 Å². The summed E-state index contributed by atoms with van der Waals surface area (Å²) in [5.41, 5.74) is 0. The van der Waals surface area contributed by atoms with Crippen molar-refractivity contribution >= 4 is 0 Å². The summed E-state index contributed by atoms with van der Waals surface area (Å²) >= 11 is 0. The van der Waals surface area contributed by atoms with Gasteiger partial charge in [0.1, 0.15) is 6.10 Å². The lowest BCUT2D eigenvalue weighted by molar-refractivity contribution is 0.0629. The largest absolute Gasteiger partial charge is 0.481 e. The molecule has 18 heavy (non-hydrogen) atoms. The molecule has 1 unspecified atom stereocenters. The lowest BCUT2D eigenvalue weighted by atomic mass is 10.0. The van der Waals surface area contributed by atoms with Crippen molar-refractivity contribution in [2.45, 2.75) is 43.9 Å². The van der Waals surface area contributed by atoms with Crippen molar-refractivity contribution in [3.05, 3.63) is 18.2 Å². The van der Waals surface area contributed by atoms with Gasteiger partial charge in [0.05, 0.1) is 7.11 Å². The van der Waals surface area contributed by atoms with Crippen molar-refractivity contribution in [2.75, 3.05) is 14.2 Å². The third-order valence-corrected chi connectivity index (χ3v) is 4.25. The molecule has 0 N–H and O–H groups in total. The van der Waals surface area contributed by atoms with Crippen LogP contribution in [0.2, 0.25) is 0 Å². The number of methoxy groups -OCH3 is 1. The first-order valence-corrected chi connectivity index (χ1v) is 6.66. The molecule has 0 amide bonds. The molecule has 0 spiro atoms. The Kier molecular flexibility index (Phi) is 3.12. The van der Waals surface area contributed by atoms with Crippen molar-refractivity contribution in [3.63, 3.8) is 0 Å². The zero-order valence-corrected chi connectivity index (χ0v) is 11.0. The SMILES string of the molecule is COc1cccc(OC2C[C@H]3CC[C@@H](C2)N3C)n1. The van der Waals surface area contributed by atoms with Gasteiger partial charge in [-0.1, -0.05) is 6.07 Å². The van der Waals surface area contributed by atoms with Crippen LogP contribution in [0.4, 0.5) is 0 Å². The average molecular weight is 248 g/mol. The molecule has 98 valence electrons. The molecular formula is C14H20N2O2. The maximum Gasteiger partial charge on any atom is 0.216 e. The number of rotatable bonds is 3. The number of fused-ring (bicyclic) bond motifs is 2. The van der Waals surface area contributed by atoms with Crippen LogP contribution in [0.25, 0.3) is 0 Å². The Labute approximate surface area is 108 Å². The van der Waals surface area contributed by atoms with Gasteiger partial charge in [0.15, 0.2) is 0 Å². The molecule has 1 aromatic heterocycles. The molecule has 3 atom stereocenters. The van der Waals surface area contributed by atoms with Gasteiger partial charge in [0.2, 0.25) is 11.8 Å². The van der Waals surface area contributed by atoms with Gasteiger partial charge < -0.3 is 14.4 Å². The summed E-state index contributed by atoms with van der Waals surface area (Å²) in [6.45, 7) is 0. The summed E-state index contributed by atoms with van der Waals surface area (Å²) in [4.78, 5) is 6.83. The Balaban J connectivity index is 1.66. The number of piperidine rings is 1. The normalized spacial score (nSPS) is 31.3. The Morgan fingerprint density at radius 1 is 1.17 bits per heavy atom. The van der Waals surface area contributed by atoms with Crippen molar-refractivity contribution in [1.29, 1.82) is 0 Å². The maximum absolute atomic E-state index is 6.01. The van der Waals surface area contributed by atoms with Crippen molar-refractivity contribution in [3.8, 4) is 11.8 Å². The Hall–Kier alpha value is -1.29. The minimum Gasteiger partial charge on any atom is -0.481 e. The van der Waals surface area contributed by atoms with E-state index in [4.69, 9.17) is 9.47 Å². The van der Waals surface area contributed by atoms with Crippen LogP contribution in [0.15, 0.2) is 18.2 Å². The average Bonchev–Trinajstić information content (AvgIpc) is 2.62. The summed E-state index contributed by atoms with van der Waals surface area (Å²) in [6, 6.07) is 7.05. The van der Waals surface area contributed by atoms with Crippen LogP contribution in [-0.4, -0.2) is 42.2 Å². The van der Waals surface area contributed by atoms with Gasteiger partial charge in [0.25, 0.3) is 0 Å². The predicted octanol–water partition coefficient (Wildman–Crippen LogP) is 2.09. The van der Waals surface area contributed by atoms with Gasteiger partial charge in [-0.25, -0.2) is 0 Å². The Morgan fingerprint density at radius 2 is 1.83 bits per heavy atom. The smallest absolute Gasteiger partial charge is 0.216 e. The minimum absolute atomic E-state index is 0.304. The highest BCUT2D eigenvalue weighted by molar-refractivity contribution is 5.20. The Bertz CT molecular complexity index is 410. The predicted molar refractivity (Wildman–Crippen MR) is 69.0 cm³/mol. The third-order valence-electron chi connectivity index (χ3n) is 4.25. The summed E-state index contributed by atoms with van der Waals surface area (Å²) < 4.78 is 11.1. The molecule has 0 radical (unpaired) electrons. The summed E-state index contributed by atoms with van der Waals surface area (Å²) in [5, 5.41) is 0. The molecule has 0 aliphatic carbocycles. The fourth-order valence-electron chi connectivity index (χ4n) is 3.20. The van der Waals surface area contributed by atoms with Gasteiger partial charge in [-0.05, 0) is 32.7 Å². The lowest BCUT2D eigenvalue weighted by Crippen LogP contribution is -2.43. The molecule has 2 bridgehead atoms. The zero-order valence-electron chi connectivity index (χ0n) is 11.0. The van der Waals surface area contributed by atoms with E-state index in [1.807, 2.05) is 18.2 Å². The fourth-order valence-corrected chi connectivity index (χ4v) is 3.20. The van der Waals surface area contributed by atoms with E-state index in [0.717, 1.165) is 12.8 Å². The van der Waals surface area contributed by atoms with E-state index in [1.165, 1.54) is 12.8 Å². The first kappa shape index (κ1) is 11.8. The van der Waals surface area contributed by atoms with Gasteiger partial charge in [-0.15, -0.1) is 0 Å². The van der Waals surface area contributed by atoms with E-state index in [9.17, 15) is 0 Å². The quantitative estimate of drug-likeness (QED) is 0.820. The fraction of sp³-hybridized carbons (Fsp3) is 0.643. The molecule has 3 heterocycles. The highest BCUT2D eigenvalue weighted by atomic mass is 16.5. The standard InChI is InChI=1S/C14H20N2O2/c1-16-10-6-7-11(16)9-12(8-10)18-14-5-3-4-13(15-14)17-2/h3-5,10-12H,6-9H2,1-2H3/t10-,11+,12?. The molecule has 2 aliphatic heterocycles. The van der Waals surface area contributed by atoms with Crippen LogP contribution in [0.5, 0.6) is 11.8 Å². The first-order valence-electron chi connectivity index (χ1n) is 6.66. The van der Waals surface area contributed by atoms with E-state index >= 15 is 0 Å². The van der Waals surface area contributed by atoms with Crippen LogP contribution in [0, 0.1) is 0 Å². The zero-order chi connectivity index (χ0) is 12.5. The third kappa shape index (κ3) is 2.17. The van der Waals surface area contributed by atoms with Crippen LogP contribution in [0.1, 0.15) is 25.7 Å². The monoisotopic (exact) mass is 248 g/mol. The molecule has 4 heteroatoms. The molecule has 0 saturated carbocycles. The topological polar surface area (TPSA) is 34.6 Å². The second kappa shape index (κ2) is 4.76. The van der Waals surface area contributed by atoms with Crippen molar-refractivity contribution < 1.29 is 9.47 Å². The molecular weight excluding hydrogens is 228 g/mol. The van der Waals surface area contributed by atoms with Crippen LogP contribution < -0.4 is 9.47 Å². The van der Waals surface area contributed by atoms with E-state index in [2.05, 4.69) is 16.9 Å². The second-order valence-electron chi connectivity index (χ2n) is 5.28. The van der Waals surface area contributed by atoms with Crippen molar-refractivity contribution in [1.82, 2.24) is 9.88 Å². The van der Waals surface area contributed by atoms with E-state index < -0.39 is 0 Å². The molecule has 0 aromatic carbocycles. The van der Waals surface area contributed by atoms with Gasteiger partial charge >= 0.3 is 0 Å². The molecule has 2 aliphatic rings. The van der Waals surface area contributed by atoms with E-state index in [0.29, 0.717) is 29.9 Å². The number of aromatic nitrogens is 1. The number of hydrogen-bond donors (Lipinski definition) is 0. The lowest BCUT2D eigenvalue weighted by Gasteiger charge is -2.36. The summed E-state index contributed by atoms with van der Waals surface area (Å²) in [5.74, 6) is 1.30. The second-order valence-corrected chi connectivity index (χ2v) is 5.28. The molecule has 4 nitrogen and oxygen atoms in total. The molecule has 2 saturated heterocycles. The number of ether oxygens (including phenoxy) is 2. The first-order chi connectivity index (χ1) is 8.76. The highest BCUT2D eigenvalue weighted by Crippen LogP contribution is 2.35. The molecule has 2 fully saturated rings. The van der Waals surface area contributed by atoms with Crippen LogP contribution in [-0.2, 0) is 0 Å². The molecule has 1 aromatic rings. The maximum atomic E-state index is 6.01. The van der Waals surface area contributed by atoms with Gasteiger partial charge in [0, 0.05) is 24.2 Å². The summed E-state index contributed by atoms with van der Waals surface area (Å²) in [6.07, 6.45) is 5.16. The van der Waals surface area contributed by atoms with E-state index in [-0.39, 0.29) is 0 Å². The van der Waals surface area contributed by atoms with Crippen LogP contribution in [0.3, 0.4) is 0 Å². The van der Waals surface area contributed by atoms with Crippen LogP contribution >= 0.6 is 0 Å². The summed E-state index contributed by atoms with van der Waals surface area (Å²) in [7, 11) is 3.87. The minimum atomic E-state index is 0.304. The van der Waals surface area contributed by atoms with E-state index in [1.54, 1.807) is 7.11 Å².